The number of hydrogen-bond donors (Lipinski definition) is 2. The van der Waals surface area contributed by atoms with Crippen molar-refractivity contribution in [3.8, 4) is 5.75 Å². The number of nitrogens with one attached hydrogen (secondary N) is 1. The van der Waals surface area contributed by atoms with Gasteiger partial charge in [0.15, 0.2) is 12.0 Å². The van der Waals surface area contributed by atoms with Crippen LogP contribution in [-0.4, -0.2) is 37.6 Å². The number of hydrogen-bond acceptors (Lipinski definition) is 7. The number of amides is 1. The van der Waals surface area contributed by atoms with Gasteiger partial charge in [-0.15, -0.1) is 0 Å². The van der Waals surface area contributed by atoms with Gasteiger partial charge in [-0.1, -0.05) is 12.1 Å². The predicted octanol–water partition coefficient (Wildman–Crippen LogP) is 0.450. The van der Waals surface area contributed by atoms with Gasteiger partial charge in [-0.3, -0.25) is 5.32 Å². The fraction of sp³-hybridized carbons (Fsp3) is 0.500. The van der Waals surface area contributed by atoms with E-state index in [1.807, 2.05) is 0 Å². The van der Waals surface area contributed by atoms with Gasteiger partial charge in [0, 0.05) is 0 Å². The minimum absolute atomic E-state index is 0.205. The Bertz CT molecular complexity index is 561. The van der Waals surface area contributed by atoms with E-state index in [2.05, 4.69) is 15.2 Å². The van der Waals surface area contributed by atoms with Crippen LogP contribution in [0.5, 0.6) is 5.75 Å². The molecule has 8 nitrogen and oxygen atoms in total. The normalized spacial score (nSPS) is 17.9. The summed E-state index contributed by atoms with van der Waals surface area (Å²) in [6.45, 7) is 5.21. The smallest absolute Gasteiger partial charge is 0.409 e. The lowest BCUT2D eigenvalue weighted by atomic mass is 9.85. The lowest BCUT2D eigenvalue weighted by Crippen LogP contribution is -2.42. The molecule has 1 aliphatic rings. The molecule has 0 bridgehead atoms. The van der Waals surface area contributed by atoms with Gasteiger partial charge in [-0.2, -0.15) is 4.89 Å². The quantitative estimate of drug-likeness (QED) is 0.351. The van der Waals surface area contributed by atoms with Crippen molar-refractivity contribution in [3.05, 3.63) is 23.8 Å². The predicted molar refractivity (Wildman–Crippen MR) is 81.1 cm³/mol. The summed E-state index contributed by atoms with van der Waals surface area (Å²) >= 11 is 0. The molecule has 0 spiro atoms. The summed E-state index contributed by atoms with van der Waals surface area (Å²) < 4.78 is 10.6. The van der Waals surface area contributed by atoms with Crippen LogP contribution in [0.15, 0.2) is 18.2 Å². The van der Waals surface area contributed by atoms with Crippen LogP contribution in [0.4, 0.5) is 4.79 Å². The zero-order valence-corrected chi connectivity index (χ0v) is 13.5. The Hall–Kier alpha value is -1.81. The van der Waals surface area contributed by atoms with Gasteiger partial charge in [0.25, 0.3) is 0 Å². The van der Waals surface area contributed by atoms with E-state index >= 15 is 0 Å². The topological polar surface area (TPSA) is 95.5 Å². The Balaban J connectivity index is 2.06. The third kappa shape index (κ3) is 4.58. The number of ether oxygens (including phenoxy) is 1. The zero-order valence-electron chi connectivity index (χ0n) is 13.5. The molecule has 2 N–H and O–H groups in total. The first-order valence-corrected chi connectivity index (χ1v) is 7.10. The summed E-state index contributed by atoms with van der Waals surface area (Å²) in [6, 6.07) is 5.17. The standard InChI is InChI=1S/C14H20BNO7/c1-14(2,3)20-13(18)16-12(17)11-8-6-5-7-9(22-23-19-4)10(8)15-21-11/h5-7,11-12,15,17H,1-4H3,(H,16,18). The highest BCUT2D eigenvalue weighted by molar-refractivity contribution is 6.50. The summed E-state index contributed by atoms with van der Waals surface area (Å²) in [5, 5.41) is 17.0. The summed E-state index contributed by atoms with van der Waals surface area (Å²) in [7, 11) is 1.52. The van der Waals surface area contributed by atoms with Gasteiger partial charge < -0.3 is 19.4 Å². The van der Waals surface area contributed by atoms with Gasteiger partial charge in [0.2, 0.25) is 0 Å². The van der Waals surface area contributed by atoms with Crippen molar-refractivity contribution in [2.75, 3.05) is 7.11 Å². The summed E-state index contributed by atoms with van der Waals surface area (Å²) in [6.07, 6.45) is -2.72. The van der Waals surface area contributed by atoms with Crippen LogP contribution in [-0.2, 0) is 19.3 Å². The van der Waals surface area contributed by atoms with E-state index in [-0.39, 0.29) is 7.48 Å². The van der Waals surface area contributed by atoms with Crippen LogP contribution in [0.3, 0.4) is 0 Å². The molecule has 2 rings (SSSR count). The Morgan fingerprint density at radius 1 is 1.43 bits per heavy atom. The van der Waals surface area contributed by atoms with Crippen LogP contribution in [0.25, 0.3) is 0 Å². The molecule has 9 heteroatoms. The molecular formula is C14H20BNO7. The number of alkyl carbamates (subject to hydrolysis) is 1. The molecule has 1 aliphatic heterocycles. The molecule has 2 unspecified atom stereocenters. The molecule has 0 fully saturated rings. The number of rotatable bonds is 5. The van der Waals surface area contributed by atoms with Crippen molar-refractivity contribution in [1.82, 2.24) is 5.32 Å². The van der Waals surface area contributed by atoms with Gasteiger partial charge >= 0.3 is 13.6 Å². The van der Waals surface area contributed by atoms with Crippen molar-refractivity contribution in [2.45, 2.75) is 38.7 Å². The van der Waals surface area contributed by atoms with Crippen molar-refractivity contribution >= 4 is 19.0 Å². The van der Waals surface area contributed by atoms with Gasteiger partial charge in [0.05, 0.1) is 7.11 Å². The molecule has 23 heavy (non-hydrogen) atoms. The number of benzene rings is 1. The first kappa shape index (κ1) is 17.5. The zero-order chi connectivity index (χ0) is 17.0. The third-order valence-electron chi connectivity index (χ3n) is 3.03. The lowest BCUT2D eigenvalue weighted by Gasteiger charge is -2.24. The first-order chi connectivity index (χ1) is 10.8. The van der Waals surface area contributed by atoms with Crippen molar-refractivity contribution < 1.29 is 34.1 Å². The number of aliphatic hydroxyl groups excluding tert-OH is 1. The second-order valence-electron chi connectivity index (χ2n) is 5.96. The van der Waals surface area contributed by atoms with Gasteiger partial charge in [0.1, 0.15) is 11.7 Å². The maximum Gasteiger partial charge on any atom is 0.409 e. The molecule has 1 aromatic rings. The number of carbonyl (C=O) groups excluding carboxylic acids is 1. The largest absolute Gasteiger partial charge is 0.444 e. The van der Waals surface area contributed by atoms with Crippen molar-refractivity contribution in [2.24, 2.45) is 0 Å². The SMILES string of the molecule is COOOc1cccc2c1BOC2C(O)NC(=O)OC(C)(C)C. The van der Waals surface area contributed by atoms with E-state index in [0.717, 1.165) is 0 Å². The average molecular weight is 325 g/mol. The monoisotopic (exact) mass is 325 g/mol. The third-order valence-corrected chi connectivity index (χ3v) is 3.03. The van der Waals surface area contributed by atoms with E-state index in [1.165, 1.54) is 7.11 Å². The second kappa shape index (κ2) is 7.18. The van der Waals surface area contributed by atoms with Gasteiger partial charge in [-0.05, 0) is 42.9 Å². The van der Waals surface area contributed by atoms with E-state index in [1.54, 1.807) is 39.0 Å². The molecule has 126 valence electrons. The maximum atomic E-state index is 11.7. The van der Waals surface area contributed by atoms with Crippen LogP contribution >= 0.6 is 0 Å². The highest BCUT2D eigenvalue weighted by Crippen LogP contribution is 2.27. The molecular weight excluding hydrogens is 305 g/mol. The minimum atomic E-state index is -1.26. The van der Waals surface area contributed by atoms with E-state index in [4.69, 9.17) is 14.3 Å². The first-order valence-electron chi connectivity index (χ1n) is 7.10. The second-order valence-corrected chi connectivity index (χ2v) is 5.96. The fourth-order valence-corrected chi connectivity index (χ4v) is 2.18. The van der Waals surface area contributed by atoms with Crippen LogP contribution in [0.1, 0.15) is 32.4 Å². The van der Waals surface area contributed by atoms with Crippen LogP contribution < -0.4 is 15.7 Å². The van der Waals surface area contributed by atoms with Crippen LogP contribution in [0, 0.1) is 0 Å². The van der Waals surface area contributed by atoms with Crippen LogP contribution in [0.2, 0.25) is 0 Å². The highest BCUT2D eigenvalue weighted by Gasteiger charge is 2.34. The molecule has 1 heterocycles. The summed E-state index contributed by atoms with van der Waals surface area (Å²) in [4.78, 5) is 21.1. The summed E-state index contributed by atoms with van der Waals surface area (Å²) in [5.41, 5.74) is 0.738. The average Bonchev–Trinajstić information content (AvgIpc) is 2.87. The van der Waals surface area contributed by atoms with E-state index < -0.39 is 24.0 Å². The van der Waals surface area contributed by atoms with E-state index in [9.17, 15) is 9.90 Å². The molecule has 1 amide bonds. The van der Waals surface area contributed by atoms with Crippen molar-refractivity contribution in [3.63, 3.8) is 0 Å². The number of fused-ring (bicyclic) bond motifs is 1. The van der Waals surface area contributed by atoms with Crippen molar-refractivity contribution in [1.29, 1.82) is 0 Å². The number of aliphatic hydroxyl groups is 1. The molecule has 2 atom stereocenters. The Kier molecular flexibility index (Phi) is 5.48. The van der Waals surface area contributed by atoms with Gasteiger partial charge in [-0.25, -0.2) is 4.79 Å². The molecule has 0 aliphatic carbocycles. The number of carbonyl (C=O) groups is 1. The summed E-state index contributed by atoms with van der Waals surface area (Å²) in [5.74, 6) is 0.413. The molecule has 0 radical (unpaired) electrons. The molecule has 0 aromatic heterocycles. The lowest BCUT2D eigenvalue weighted by molar-refractivity contribution is -0.453. The minimum Gasteiger partial charge on any atom is -0.444 e. The Labute approximate surface area is 134 Å². The highest BCUT2D eigenvalue weighted by atomic mass is 17.5. The fourth-order valence-electron chi connectivity index (χ4n) is 2.18. The molecule has 0 saturated carbocycles. The maximum absolute atomic E-state index is 11.7. The Morgan fingerprint density at radius 2 is 2.17 bits per heavy atom. The molecule has 0 saturated heterocycles. The molecule has 1 aromatic carbocycles. The Morgan fingerprint density at radius 3 is 2.83 bits per heavy atom. The van der Waals surface area contributed by atoms with E-state index in [0.29, 0.717) is 16.8 Å².